The normalized spacial score (nSPS) is 17.2. The third-order valence-corrected chi connectivity index (χ3v) is 4.00. The van der Waals surface area contributed by atoms with Crippen molar-refractivity contribution in [3.05, 3.63) is 34.4 Å². The number of benzene rings is 1. The zero-order valence-corrected chi connectivity index (χ0v) is 10.7. The number of hydrogen-bond donors (Lipinski definition) is 0. The van der Waals surface area contributed by atoms with Crippen molar-refractivity contribution in [3.63, 3.8) is 0 Å². The monoisotopic (exact) mass is 216 g/mol. The molecular formula is C15H20O. The van der Waals surface area contributed by atoms with Crippen molar-refractivity contribution in [2.24, 2.45) is 0 Å². The fourth-order valence-corrected chi connectivity index (χ4v) is 2.73. The first-order chi connectivity index (χ1) is 7.51. The summed E-state index contributed by atoms with van der Waals surface area (Å²) in [5.74, 6) is 0.335. The fourth-order valence-electron chi connectivity index (χ4n) is 2.73. The Kier molecular flexibility index (Phi) is 2.65. The number of hydrogen-bond acceptors (Lipinski definition) is 1. The zero-order chi connectivity index (χ0) is 11.9. The van der Waals surface area contributed by atoms with Gasteiger partial charge in [-0.3, -0.25) is 4.79 Å². The number of carbonyl (C=O) groups excluding carboxylic acids is 1. The highest BCUT2D eigenvalue weighted by Gasteiger charge is 2.49. The standard InChI is InChI=1S/C15H20O/c1-5-13-9-14(11(3)8-10(13)2)15(6-7-15)12(4)16/h8-9H,5-7H2,1-4H3. The predicted octanol–water partition coefficient (Wildman–Crippen LogP) is 3.49. The van der Waals surface area contributed by atoms with E-state index in [-0.39, 0.29) is 5.41 Å². The Morgan fingerprint density at radius 1 is 1.25 bits per heavy atom. The summed E-state index contributed by atoms with van der Waals surface area (Å²) in [5, 5.41) is 0. The molecule has 0 aromatic heterocycles. The van der Waals surface area contributed by atoms with Gasteiger partial charge < -0.3 is 0 Å². The quantitative estimate of drug-likeness (QED) is 0.756. The van der Waals surface area contributed by atoms with Crippen LogP contribution in [0.5, 0.6) is 0 Å². The number of aryl methyl sites for hydroxylation is 3. The highest BCUT2D eigenvalue weighted by atomic mass is 16.1. The molecule has 86 valence electrons. The topological polar surface area (TPSA) is 17.1 Å². The Labute approximate surface area is 97.9 Å². The lowest BCUT2D eigenvalue weighted by Gasteiger charge is -2.18. The lowest BCUT2D eigenvalue weighted by molar-refractivity contribution is -0.119. The van der Waals surface area contributed by atoms with Crippen LogP contribution in [0.15, 0.2) is 12.1 Å². The SMILES string of the molecule is CCc1cc(C2(C(C)=O)CC2)c(C)cc1C. The Morgan fingerprint density at radius 3 is 2.31 bits per heavy atom. The van der Waals surface area contributed by atoms with Crippen molar-refractivity contribution in [2.75, 3.05) is 0 Å². The molecule has 1 fully saturated rings. The van der Waals surface area contributed by atoms with E-state index in [4.69, 9.17) is 0 Å². The van der Waals surface area contributed by atoms with Crippen molar-refractivity contribution >= 4 is 5.78 Å². The van der Waals surface area contributed by atoms with Gasteiger partial charge in [0.2, 0.25) is 0 Å². The molecule has 0 amide bonds. The summed E-state index contributed by atoms with van der Waals surface area (Å²) in [6, 6.07) is 4.50. The maximum absolute atomic E-state index is 11.8. The van der Waals surface area contributed by atoms with Crippen LogP contribution in [0.1, 0.15) is 48.9 Å². The Hall–Kier alpha value is -1.11. The van der Waals surface area contributed by atoms with Gasteiger partial charge in [0.1, 0.15) is 5.78 Å². The van der Waals surface area contributed by atoms with Crippen molar-refractivity contribution in [2.45, 2.75) is 52.4 Å². The second-order valence-corrected chi connectivity index (χ2v) is 5.09. The van der Waals surface area contributed by atoms with Crippen molar-refractivity contribution in [3.8, 4) is 0 Å². The molecule has 0 unspecified atom stereocenters. The Bertz CT molecular complexity index is 439. The lowest BCUT2D eigenvalue weighted by atomic mass is 9.85. The molecule has 1 nitrogen and oxygen atoms in total. The van der Waals surface area contributed by atoms with Crippen LogP contribution in [0.25, 0.3) is 0 Å². The molecule has 0 bridgehead atoms. The Morgan fingerprint density at radius 2 is 1.88 bits per heavy atom. The molecule has 1 heteroatoms. The molecule has 0 N–H and O–H groups in total. The molecule has 1 aromatic carbocycles. The van der Waals surface area contributed by atoms with Crippen molar-refractivity contribution in [1.82, 2.24) is 0 Å². The molecule has 1 aliphatic carbocycles. The van der Waals surface area contributed by atoms with E-state index in [1.807, 2.05) is 0 Å². The van der Waals surface area contributed by atoms with Crippen LogP contribution in [0.2, 0.25) is 0 Å². The molecule has 1 aliphatic rings. The highest BCUT2D eigenvalue weighted by Crippen LogP contribution is 2.50. The second kappa shape index (κ2) is 3.73. The van der Waals surface area contributed by atoms with Crippen molar-refractivity contribution in [1.29, 1.82) is 0 Å². The predicted molar refractivity (Wildman–Crippen MR) is 66.9 cm³/mol. The fraction of sp³-hybridized carbons (Fsp3) is 0.533. The summed E-state index contributed by atoms with van der Waals surface area (Å²) >= 11 is 0. The molecule has 0 atom stereocenters. The van der Waals surface area contributed by atoms with Crippen LogP contribution >= 0.6 is 0 Å². The lowest BCUT2D eigenvalue weighted by Crippen LogP contribution is -2.18. The van der Waals surface area contributed by atoms with Gasteiger partial charge in [0.05, 0.1) is 5.41 Å². The molecule has 1 aromatic rings. The van der Waals surface area contributed by atoms with E-state index in [9.17, 15) is 4.79 Å². The second-order valence-electron chi connectivity index (χ2n) is 5.09. The van der Waals surface area contributed by atoms with Crippen LogP contribution in [0, 0.1) is 13.8 Å². The van der Waals surface area contributed by atoms with E-state index in [2.05, 4.69) is 32.9 Å². The van der Waals surface area contributed by atoms with E-state index < -0.39 is 0 Å². The summed E-state index contributed by atoms with van der Waals surface area (Å²) in [6.07, 6.45) is 3.12. The third kappa shape index (κ3) is 1.59. The van der Waals surface area contributed by atoms with E-state index in [0.717, 1.165) is 19.3 Å². The van der Waals surface area contributed by atoms with Gasteiger partial charge in [-0.1, -0.05) is 19.1 Å². The molecule has 0 heterocycles. The number of ketones is 1. The summed E-state index contributed by atoms with van der Waals surface area (Å²) in [4.78, 5) is 11.8. The average molecular weight is 216 g/mol. The zero-order valence-electron chi connectivity index (χ0n) is 10.7. The van der Waals surface area contributed by atoms with Crippen LogP contribution in [-0.4, -0.2) is 5.78 Å². The van der Waals surface area contributed by atoms with E-state index in [0.29, 0.717) is 5.78 Å². The van der Waals surface area contributed by atoms with Gasteiger partial charge in [-0.05, 0) is 62.3 Å². The molecule has 1 saturated carbocycles. The molecule has 0 saturated heterocycles. The van der Waals surface area contributed by atoms with Gasteiger partial charge in [-0.2, -0.15) is 0 Å². The maximum atomic E-state index is 11.8. The molecular weight excluding hydrogens is 196 g/mol. The van der Waals surface area contributed by atoms with E-state index in [1.54, 1.807) is 6.92 Å². The first kappa shape index (κ1) is 11.4. The number of Topliss-reactive ketones (excluding diaryl/α,β-unsaturated/α-hetero) is 1. The van der Waals surface area contributed by atoms with E-state index in [1.165, 1.54) is 22.3 Å². The van der Waals surface area contributed by atoms with Gasteiger partial charge in [0.15, 0.2) is 0 Å². The van der Waals surface area contributed by atoms with Gasteiger partial charge in [-0.15, -0.1) is 0 Å². The van der Waals surface area contributed by atoms with Crippen LogP contribution in [-0.2, 0) is 16.6 Å². The smallest absolute Gasteiger partial charge is 0.140 e. The molecule has 0 spiro atoms. The first-order valence-electron chi connectivity index (χ1n) is 6.13. The highest BCUT2D eigenvalue weighted by molar-refractivity contribution is 5.91. The van der Waals surface area contributed by atoms with Crippen LogP contribution in [0.3, 0.4) is 0 Å². The minimum Gasteiger partial charge on any atom is -0.299 e. The van der Waals surface area contributed by atoms with Crippen LogP contribution < -0.4 is 0 Å². The van der Waals surface area contributed by atoms with Crippen LogP contribution in [0.4, 0.5) is 0 Å². The number of rotatable bonds is 3. The summed E-state index contributed by atoms with van der Waals surface area (Å²) in [5.41, 5.74) is 5.17. The summed E-state index contributed by atoms with van der Waals surface area (Å²) in [6.45, 7) is 8.19. The number of carbonyl (C=O) groups is 1. The largest absolute Gasteiger partial charge is 0.299 e. The van der Waals surface area contributed by atoms with Crippen molar-refractivity contribution < 1.29 is 4.79 Å². The molecule has 2 rings (SSSR count). The minimum atomic E-state index is -0.123. The summed E-state index contributed by atoms with van der Waals surface area (Å²) in [7, 11) is 0. The summed E-state index contributed by atoms with van der Waals surface area (Å²) < 4.78 is 0. The van der Waals surface area contributed by atoms with Gasteiger partial charge in [-0.25, -0.2) is 0 Å². The van der Waals surface area contributed by atoms with Gasteiger partial charge >= 0.3 is 0 Å². The van der Waals surface area contributed by atoms with E-state index >= 15 is 0 Å². The Balaban J connectivity index is 2.53. The molecule has 0 aliphatic heterocycles. The molecule has 16 heavy (non-hydrogen) atoms. The third-order valence-electron chi connectivity index (χ3n) is 4.00. The van der Waals surface area contributed by atoms with Gasteiger partial charge in [0, 0.05) is 0 Å². The average Bonchev–Trinajstić information content (AvgIpc) is 2.99. The maximum Gasteiger partial charge on any atom is 0.140 e. The minimum absolute atomic E-state index is 0.123. The first-order valence-corrected chi connectivity index (χ1v) is 6.13. The molecule has 0 radical (unpaired) electrons. The van der Waals surface area contributed by atoms with Gasteiger partial charge in [0.25, 0.3) is 0 Å².